The summed E-state index contributed by atoms with van der Waals surface area (Å²) in [6, 6.07) is 2.39. The molecule has 0 saturated carbocycles. The number of sulfonamides is 1. The van der Waals surface area contributed by atoms with Crippen molar-refractivity contribution >= 4 is 32.4 Å². The van der Waals surface area contributed by atoms with Crippen molar-refractivity contribution in [3.63, 3.8) is 0 Å². The van der Waals surface area contributed by atoms with Gasteiger partial charge < -0.3 is 10.7 Å². The van der Waals surface area contributed by atoms with E-state index in [1.54, 1.807) is 13.0 Å². The molecule has 29 heavy (non-hydrogen) atoms. The van der Waals surface area contributed by atoms with Crippen LogP contribution >= 0.6 is 0 Å². The first-order valence-electron chi connectivity index (χ1n) is 8.94. The molecule has 0 spiro atoms. The topological polar surface area (TPSA) is 118 Å². The van der Waals surface area contributed by atoms with Crippen LogP contribution in [-0.2, 0) is 10.0 Å². The first-order chi connectivity index (χ1) is 13.8. The number of hydrogen-bond donors (Lipinski definition) is 2. The number of nitrogens with zero attached hydrogens (tertiary/aromatic N) is 4. The minimum atomic E-state index is -3.26. The van der Waals surface area contributed by atoms with Gasteiger partial charge in [-0.15, -0.1) is 0 Å². The first-order valence-corrected chi connectivity index (χ1v) is 10.5. The SMILES string of the molecule is CCS(=O)(=O)N1CC=C(c2cnc(N)c(-c3nc4c(F)c(F)ccc4[nH]3)n2)CC1. The molecule has 0 bridgehead atoms. The van der Waals surface area contributed by atoms with Crippen LogP contribution in [0.4, 0.5) is 14.6 Å². The predicted molar refractivity (Wildman–Crippen MR) is 105 cm³/mol. The predicted octanol–water partition coefficient (Wildman–Crippen LogP) is 2.32. The Morgan fingerprint density at radius 3 is 2.76 bits per heavy atom. The number of hydrogen-bond acceptors (Lipinski definition) is 6. The van der Waals surface area contributed by atoms with Gasteiger partial charge in [-0.25, -0.2) is 32.2 Å². The molecule has 0 amide bonds. The number of aromatic nitrogens is 4. The second kappa shape index (κ2) is 7.16. The number of H-pyrrole nitrogens is 1. The van der Waals surface area contributed by atoms with E-state index in [0.717, 1.165) is 11.6 Å². The number of nitrogen functional groups attached to an aromatic ring is 1. The Balaban J connectivity index is 1.70. The van der Waals surface area contributed by atoms with Crippen LogP contribution in [0.15, 0.2) is 24.4 Å². The zero-order chi connectivity index (χ0) is 20.8. The molecule has 152 valence electrons. The fraction of sp³-hybridized carbons (Fsp3) is 0.278. The lowest BCUT2D eigenvalue weighted by molar-refractivity contribution is 0.442. The van der Waals surface area contributed by atoms with Crippen molar-refractivity contribution in [3.05, 3.63) is 41.7 Å². The zero-order valence-corrected chi connectivity index (χ0v) is 16.3. The summed E-state index contributed by atoms with van der Waals surface area (Å²) >= 11 is 0. The van der Waals surface area contributed by atoms with Gasteiger partial charge in [0.25, 0.3) is 0 Å². The fourth-order valence-electron chi connectivity index (χ4n) is 3.18. The van der Waals surface area contributed by atoms with Gasteiger partial charge in [0.15, 0.2) is 23.3 Å². The molecule has 11 heteroatoms. The largest absolute Gasteiger partial charge is 0.382 e. The molecule has 0 saturated heterocycles. The monoisotopic (exact) mass is 420 g/mol. The van der Waals surface area contributed by atoms with Crippen molar-refractivity contribution in [3.8, 4) is 11.5 Å². The number of aromatic amines is 1. The van der Waals surface area contributed by atoms with Gasteiger partial charge in [-0.2, -0.15) is 4.31 Å². The molecular formula is C18H18F2N6O2S. The average Bonchev–Trinajstić information content (AvgIpc) is 3.16. The van der Waals surface area contributed by atoms with Gasteiger partial charge in [-0.3, -0.25) is 0 Å². The van der Waals surface area contributed by atoms with Crippen molar-refractivity contribution in [2.24, 2.45) is 0 Å². The molecule has 2 aromatic heterocycles. The molecular weight excluding hydrogens is 402 g/mol. The highest BCUT2D eigenvalue weighted by Crippen LogP contribution is 2.28. The highest BCUT2D eigenvalue weighted by Gasteiger charge is 2.24. The van der Waals surface area contributed by atoms with E-state index in [4.69, 9.17) is 5.73 Å². The molecule has 8 nitrogen and oxygen atoms in total. The Hall–Kier alpha value is -2.92. The fourth-order valence-corrected chi connectivity index (χ4v) is 4.21. The van der Waals surface area contributed by atoms with Gasteiger partial charge in [0.1, 0.15) is 11.2 Å². The Morgan fingerprint density at radius 1 is 1.28 bits per heavy atom. The van der Waals surface area contributed by atoms with Crippen molar-refractivity contribution in [2.45, 2.75) is 13.3 Å². The van der Waals surface area contributed by atoms with E-state index in [0.29, 0.717) is 24.2 Å². The maximum atomic E-state index is 14.0. The van der Waals surface area contributed by atoms with Crippen molar-refractivity contribution < 1.29 is 17.2 Å². The van der Waals surface area contributed by atoms with E-state index in [2.05, 4.69) is 19.9 Å². The highest BCUT2D eigenvalue weighted by atomic mass is 32.2. The molecule has 0 fully saturated rings. The van der Waals surface area contributed by atoms with Gasteiger partial charge in [0.2, 0.25) is 10.0 Å². The van der Waals surface area contributed by atoms with E-state index >= 15 is 0 Å². The van der Waals surface area contributed by atoms with Gasteiger partial charge >= 0.3 is 0 Å². The summed E-state index contributed by atoms with van der Waals surface area (Å²) in [6.45, 7) is 2.20. The molecule has 3 heterocycles. The number of nitrogens with one attached hydrogen (secondary N) is 1. The highest BCUT2D eigenvalue weighted by molar-refractivity contribution is 7.89. The Bertz CT molecular complexity index is 1240. The number of nitrogens with two attached hydrogens (primary N) is 1. The second-order valence-electron chi connectivity index (χ2n) is 6.57. The third-order valence-corrected chi connectivity index (χ3v) is 6.68. The quantitative estimate of drug-likeness (QED) is 0.669. The average molecular weight is 420 g/mol. The molecule has 0 radical (unpaired) electrons. The Morgan fingerprint density at radius 2 is 2.07 bits per heavy atom. The summed E-state index contributed by atoms with van der Waals surface area (Å²) in [7, 11) is -3.26. The maximum absolute atomic E-state index is 14.0. The van der Waals surface area contributed by atoms with Crippen LogP contribution in [0.25, 0.3) is 28.1 Å². The number of imidazole rings is 1. The van der Waals surface area contributed by atoms with Crippen molar-refractivity contribution in [2.75, 3.05) is 24.6 Å². The zero-order valence-electron chi connectivity index (χ0n) is 15.5. The van der Waals surface area contributed by atoms with Crippen LogP contribution in [0.1, 0.15) is 19.0 Å². The molecule has 1 aliphatic heterocycles. The van der Waals surface area contributed by atoms with Crippen LogP contribution in [0.2, 0.25) is 0 Å². The van der Waals surface area contributed by atoms with E-state index < -0.39 is 21.7 Å². The van der Waals surface area contributed by atoms with Crippen LogP contribution in [-0.4, -0.2) is 51.5 Å². The third-order valence-electron chi connectivity index (χ3n) is 4.83. The standard InChI is InChI=1S/C18H18F2N6O2S/c1-2-29(27,28)26-7-5-10(6-8-26)13-9-22-17(21)16(23-13)18-24-12-4-3-11(19)14(20)15(12)25-18/h3-5,9H,2,6-8H2,1H3,(H2,21,22)(H,24,25). The molecule has 3 aromatic rings. The molecule has 1 aromatic carbocycles. The maximum Gasteiger partial charge on any atom is 0.214 e. The first kappa shape index (κ1) is 19.4. The summed E-state index contributed by atoms with van der Waals surface area (Å²) in [4.78, 5) is 15.6. The number of rotatable bonds is 4. The van der Waals surface area contributed by atoms with Gasteiger partial charge in [0.05, 0.1) is 23.2 Å². The summed E-state index contributed by atoms with van der Waals surface area (Å²) in [5.41, 5.74) is 7.65. The van der Waals surface area contributed by atoms with Gasteiger partial charge in [-0.1, -0.05) is 6.08 Å². The van der Waals surface area contributed by atoms with E-state index in [1.807, 2.05) is 0 Å². The lowest BCUT2D eigenvalue weighted by Crippen LogP contribution is -2.35. The van der Waals surface area contributed by atoms with E-state index in [1.165, 1.54) is 16.6 Å². The van der Waals surface area contributed by atoms with E-state index in [-0.39, 0.29) is 35.2 Å². The molecule has 1 aliphatic rings. The summed E-state index contributed by atoms with van der Waals surface area (Å²) in [5.74, 6) is -1.75. The molecule has 3 N–H and O–H groups in total. The molecule has 0 atom stereocenters. The molecule has 0 unspecified atom stereocenters. The minimum absolute atomic E-state index is 0.0468. The molecule has 0 aliphatic carbocycles. The van der Waals surface area contributed by atoms with Gasteiger partial charge in [-0.05, 0) is 31.1 Å². The van der Waals surface area contributed by atoms with Crippen molar-refractivity contribution in [1.82, 2.24) is 24.2 Å². The second-order valence-corrected chi connectivity index (χ2v) is 8.83. The smallest absolute Gasteiger partial charge is 0.214 e. The number of halogens is 2. The lowest BCUT2D eigenvalue weighted by Gasteiger charge is -2.25. The van der Waals surface area contributed by atoms with Crippen LogP contribution in [0, 0.1) is 11.6 Å². The van der Waals surface area contributed by atoms with Crippen LogP contribution < -0.4 is 5.73 Å². The Labute approximate surface area is 165 Å². The van der Waals surface area contributed by atoms with Crippen LogP contribution in [0.3, 0.4) is 0 Å². The Kier molecular flexibility index (Phi) is 4.79. The summed E-state index contributed by atoms with van der Waals surface area (Å²) < 4.78 is 52.8. The van der Waals surface area contributed by atoms with Gasteiger partial charge in [0, 0.05) is 13.1 Å². The number of benzene rings is 1. The molecule has 4 rings (SSSR count). The summed E-state index contributed by atoms with van der Waals surface area (Å²) in [5, 5.41) is 0. The minimum Gasteiger partial charge on any atom is -0.382 e. The third kappa shape index (κ3) is 3.47. The van der Waals surface area contributed by atoms with Crippen LogP contribution in [0.5, 0.6) is 0 Å². The van der Waals surface area contributed by atoms with E-state index in [9.17, 15) is 17.2 Å². The lowest BCUT2D eigenvalue weighted by atomic mass is 10.1. The normalized spacial score (nSPS) is 15.6. The van der Waals surface area contributed by atoms with Crippen molar-refractivity contribution in [1.29, 1.82) is 0 Å². The number of fused-ring (bicyclic) bond motifs is 1. The summed E-state index contributed by atoms with van der Waals surface area (Å²) in [6.07, 6.45) is 3.75. The number of anilines is 1.